The second-order valence-corrected chi connectivity index (χ2v) is 6.56. The van der Waals surface area contributed by atoms with Gasteiger partial charge < -0.3 is 0 Å². The van der Waals surface area contributed by atoms with Gasteiger partial charge in [-0.1, -0.05) is 0 Å². The van der Waals surface area contributed by atoms with Gasteiger partial charge in [0.1, 0.15) is 0 Å². The summed E-state index contributed by atoms with van der Waals surface area (Å²) in [6.45, 7) is 0. The molecule has 0 aromatic carbocycles. The van der Waals surface area contributed by atoms with E-state index in [4.69, 9.17) is 0 Å². The second kappa shape index (κ2) is 3.86. The lowest BCUT2D eigenvalue weighted by atomic mass is 9.81. The van der Waals surface area contributed by atoms with Crippen molar-refractivity contribution >= 4 is 19.7 Å². The van der Waals surface area contributed by atoms with Crippen LogP contribution >= 0.6 is 10.7 Å². The van der Waals surface area contributed by atoms with Crippen LogP contribution in [-0.2, 0) is 9.05 Å². The van der Waals surface area contributed by atoms with Gasteiger partial charge in [0, 0.05) is 10.7 Å². The molecule has 0 bridgehead atoms. The van der Waals surface area contributed by atoms with Gasteiger partial charge in [-0.2, -0.15) is 43.9 Å². The zero-order chi connectivity index (χ0) is 17.5. The van der Waals surface area contributed by atoms with Gasteiger partial charge >= 0.3 is 34.6 Å². The molecule has 1 aliphatic rings. The number of alkyl halides is 11. The Morgan fingerprint density at radius 2 is 0.714 bits per heavy atom. The van der Waals surface area contributed by atoms with Crippen molar-refractivity contribution in [3.63, 3.8) is 0 Å². The minimum Gasteiger partial charge on any atom is -0.211 e. The summed E-state index contributed by atoms with van der Waals surface area (Å²) in [4.78, 5) is 0. The SMILES string of the molecule is O=S(=O)(Cl)C1(F)C(F)(F)C(F)(F)C(F)(F)C(F)(F)C1(F)F. The third kappa shape index (κ3) is 1.52. The molecule has 1 rings (SSSR count). The molecular weight excluding hydrogens is 381 g/mol. The topological polar surface area (TPSA) is 34.1 Å². The Labute approximate surface area is 112 Å². The van der Waals surface area contributed by atoms with Crippen LogP contribution in [0.25, 0.3) is 0 Å². The Bertz CT molecular complexity index is 537. The Morgan fingerprint density at radius 3 is 0.905 bits per heavy atom. The van der Waals surface area contributed by atoms with Gasteiger partial charge in [-0.25, -0.2) is 12.8 Å². The van der Waals surface area contributed by atoms with Crippen molar-refractivity contribution in [2.45, 2.75) is 34.6 Å². The predicted octanol–water partition coefficient (Wildman–Crippen LogP) is 3.41. The Balaban J connectivity index is 4.02. The molecular formula is C6ClF11O2S. The van der Waals surface area contributed by atoms with Crippen LogP contribution in [0.4, 0.5) is 48.3 Å². The van der Waals surface area contributed by atoms with E-state index in [1.54, 1.807) is 0 Å². The van der Waals surface area contributed by atoms with Crippen LogP contribution in [-0.4, -0.2) is 43.0 Å². The monoisotopic (exact) mass is 380 g/mol. The lowest BCUT2D eigenvalue weighted by Gasteiger charge is -2.50. The second-order valence-electron chi connectivity index (χ2n) is 3.91. The minimum absolute atomic E-state index is 3.80. The van der Waals surface area contributed by atoms with Crippen molar-refractivity contribution in [1.82, 2.24) is 0 Å². The maximum absolute atomic E-state index is 13.5. The van der Waals surface area contributed by atoms with Crippen LogP contribution in [0.5, 0.6) is 0 Å². The smallest absolute Gasteiger partial charge is 0.211 e. The first-order chi connectivity index (χ1) is 8.75. The predicted molar refractivity (Wildman–Crippen MR) is 43.3 cm³/mol. The summed E-state index contributed by atoms with van der Waals surface area (Å²) in [5.74, 6) is -37.4. The van der Waals surface area contributed by atoms with Gasteiger partial charge in [-0.15, -0.1) is 0 Å². The average Bonchev–Trinajstić information content (AvgIpc) is 2.23. The summed E-state index contributed by atoms with van der Waals surface area (Å²) in [6, 6.07) is 0. The molecule has 1 aliphatic carbocycles. The normalized spacial score (nSPS) is 31.6. The zero-order valence-electron chi connectivity index (χ0n) is 8.76. The molecule has 0 saturated heterocycles. The van der Waals surface area contributed by atoms with Gasteiger partial charge in [0.2, 0.25) is 0 Å². The van der Waals surface area contributed by atoms with Crippen LogP contribution in [0.1, 0.15) is 0 Å². The van der Waals surface area contributed by atoms with Crippen LogP contribution in [0.2, 0.25) is 0 Å². The van der Waals surface area contributed by atoms with E-state index in [2.05, 4.69) is 10.7 Å². The molecule has 15 heteroatoms. The molecule has 0 aliphatic heterocycles. The zero-order valence-corrected chi connectivity index (χ0v) is 10.3. The van der Waals surface area contributed by atoms with Crippen molar-refractivity contribution < 1.29 is 56.7 Å². The van der Waals surface area contributed by atoms with Crippen molar-refractivity contribution in [3.05, 3.63) is 0 Å². The van der Waals surface area contributed by atoms with Gasteiger partial charge in [-0.3, -0.25) is 0 Å². The van der Waals surface area contributed by atoms with E-state index < -0.39 is 43.7 Å². The molecule has 2 nitrogen and oxygen atoms in total. The standard InChI is InChI=1S/C6ClF11O2S/c7-21(19,20)6(18)4(14,15)2(10,11)1(8,9)3(12,13)5(6,16)17. The molecule has 0 amide bonds. The first-order valence-electron chi connectivity index (χ1n) is 4.27. The lowest BCUT2D eigenvalue weighted by molar-refractivity contribution is -0.469. The van der Waals surface area contributed by atoms with Crippen LogP contribution < -0.4 is 0 Å². The molecule has 0 heterocycles. The Kier molecular flexibility index (Phi) is 3.41. The van der Waals surface area contributed by atoms with Crippen molar-refractivity contribution in [1.29, 1.82) is 0 Å². The van der Waals surface area contributed by atoms with Crippen LogP contribution in [0.15, 0.2) is 0 Å². The summed E-state index contributed by atoms with van der Waals surface area (Å²) in [6.07, 6.45) is 0. The van der Waals surface area contributed by atoms with E-state index in [0.29, 0.717) is 0 Å². The average molecular weight is 381 g/mol. The molecule has 0 N–H and O–H groups in total. The number of rotatable bonds is 1. The lowest BCUT2D eigenvalue weighted by Crippen LogP contribution is -2.84. The Hall–Kier alpha value is -0.530. The number of hydrogen-bond acceptors (Lipinski definition) is 2. The maximum Gasteiger partial charge on any atom is 0.384 e. The minimum atomic E-state index is -7.48. The highest BCUT2D eigenvalue weighted by Gasteiger charge is 3.04. The largest absolute Gasteiger partial charge is 0.384 e. The van der Waals surface area contributed by atoms with E-state index in [0.717, 1.165) is 0 Å². The van der Waals surface area contributed by atoms with E-state index >= 15 is 0 Å². The fourth-order valence-electron chi connectivity index (χ4n) is 1.50. The van der Waals surface area contributed by atoms with Crippen molar-refractivity contribution in [3.8, 4) is 0 Å². The molecule has 0 aromatic heterocycles. The van der Waals surface area contributed by atoms with Gasteiger partial charge in [-0.05, 0) is 0 Å². The summed E-state index contributed by atoms with van der Waals surface area (Å²) >= 11 is 0. The van der Waals surface area contributed by atoms with Gasteiger partial charge in [0.25, 0.3) is 9.05 Å². The molecule has 126 valence electrons. The highest BCUT2D eigenvalue weighted by Crippen LogP contribution is 2.70. The molecule has 0 radical (unpaired) electrons. The molecule has 0 atom stereocenters. The third-order valence-corrected chi connectivity index (χ3v) is 4.54. The number of hydrogen-bond donors (Lipinski definition) is 0. The van der Waals surface area contributed by atoms with Crippen LogP contribution in [0.3, 0.4) is 0 Å². The molecule has 0 spiro atoms. The maximum atomic E-state index is 13.5. The molecule has 0 aromatic rings. The van der Waals surface area contributed by atoms with E-state index in [-0.39, 0.29) is 0 Å². The highest BCUT2D eigenvalue weighted by molar-refractivity contribution is 8.14. The quantitative estimate of drug-likeness (QED) is 0.516. The fourth-order valence-corrected chi connectivity index (χ4v) is 2.95. The molecule has 1 fully saturated rings. The first kappa shape index (κ1) is 18.5. The highest BCUT2D eigenvalue weighted by atomic mass is 35.7. The number of halogens is 12. The summed E-state index contributed by atoms with van der Waals surface area (Å²) < 4.78 is 162. The van der Waals surface area contributed by atoms with E-state index in [9.17, 15) is 56.7 Å². The van der Waals surface area contributed by atoms with Crippen molar-refractivity contribution in [2.24, 2.45) is 0 Å². The van der Waals surface area contributed by atoms with Crippen molar-refractivity contribution in [2.75, 3.05) is 0 Å². The van der Waals surface area contributed by atoms with Gasteiger partial charge in [0.15, 0.2) is 0 Å². The first-order valence-corrected chi connectivity index (χ1v) is 6.58. The molecule has 21 heavy (non-hydrogen) atoms. The molecule has 1 saturated carbocycles. The Morgan fingerprint density at radius 1 is 0.524 bits per heavy atom. The summed E-state index contributed by atoms with van der Waals surface area (Å²) in [5.41, 5.74) is 0. The van der Waals surface area contributed by atoms with E-state index in [1.807, 2.05) is 0 Å². The fraction of sp³-hybridized carbons (Fsp3) is 1.00. The molecule has 0 unspecified atom stereocenters. The van der Waals surface area contributed by atoms with Crippen LogP contribution in [0, 0.1) is 0 Å². The third-order valence-electron chi connectivity index (χ3n) is 2.72. The van der Waals surface area contributed by atoms with E-state index in [1.165, 1.54) is 0 Å². The summed E-state index contributed by atoms with van der Waals surface area (Å²) in [5, 5.41) is -7.18. The summed E-state index contributed by atoms with van der Waals surface area (Å²) in [7, 11) is -3.43. The van der Waals surface area contributed by atoms with Gasteiger partial charge in [0.05, 0.1) is 0 Å².